The number of nitrogens with one attached hydrogen (secondary N) is 1. The molecule has 100 valence electrons. The summed E-state index contributed by atoms with van der Waals surface area (Å²) in [6.45, 7) is 5.95. The first-order valence-corrected chi connectivity index (χ1v) is 6.52. The summed E-state index contributed by atoms with van der Waals surface area (Å²) in [7, 11) is 0. The smallest absolute Gasteiger partial charge is 0.240 e. The number of aromatic nitrogens is 2. The third-order valence-corrected chi connectivity index (χ3v) is 3.07. The fourth-order valence-corrected chi connectivity index (χ4v) is 2.18. The maximum Gasteiger partial charge on any atom is 0.240 e. The normalized spacial score (nSPS) is 20.4. The Morgan fingerprint density at radius 2 is 2.39 bits per heavy atom. The van der Waals surface area contributed by atoms with E-state index in [0.717, 1.165) is 32.4 Å². The van der Waals surface area contributed by atoms with E-state index in [4.69, 9.17) is 4.52 Å². The minimum Gasteiger partial charge on any atom is -0.340 e. The number of likely N-dealkylation sites (tertiary alicyclic amines) is 1. The first-order valence-electron chi connectivity index (χ1n) is 6.52. The molecule has 0 radical (unpaired) electrons. The Hall–Kier alpha value is -1.43. The van der Waals surface area contributed by atoms with E-state index in [-0.39, 0.29) is 11.9 Å². The maximum absolute atomic E-state index is 12.2. The van der Waals surface area contributed by atoms with E-state index in [1.54, 1.807) is 11.8 Å². The number of hydrogen-bond donors (Lipinski definition) is 1. The van der Waals surface area contributed by atoms with Crippen LogP contribution in [0.1, 0.15) is 37.9 Å². The second kappa shape index (κ2) is 5.95. The Balaban J connectivity index is 1.93. The zero-order valence-corrected chi connectivity index (χ0v) is 11.0. The SMILES string of the molecule is CCCNC1CCCN(Cc2noc(C)n2)C1=O. The summed E-state index contributed by atoms with van der Waals surface area (Å²) < 4.78 is 4.92. The van der Waals surface area contributed by atoms with Crippen molar-refractivity contribution in [2.75, 3.05) is 13.1 Å². The van der Waals surface area contributed by atoms with Crippen LogP contribution in [0.5, 0.6) is 0 Å². The maximum atomic E-state index is 12.2. The summed E-state index contributed by atoms with van der Waals surface area (Å²) in [6.07, 6.45) is 2.97. The Morgan fingerprint density at radius 3 is 3.06 bits per heavy atom. The molecule has 1 unspecified atom stereocenters. The van der Waals surface area contributed by atoms with Crippen molar-refractivity contribution in [2.45, 2.75) is 45.7 Å². The number of carbonyl (C=O) groups excluding carboxylic acids is 1. The molecule has 1 aliphatic rings. The molecule has 1 aliphatic heterocycles. The first-order chi connectivity index (χ1) is 8.70. The van der Waals surface area contributed by atoms with Gasteiger partial charge in [-0.15, -0.1) is 0 Å². The average Bonchev–Trinajstić information content (AvgIpc) is 2.76. The van der Waals surface area contributed by atoms with Gasteiger partial charge in [0, 0.05) is 13.5 Å². The minimum atomic E-state index is -0.0494. The zero-order chi connectivity index (χ0) is 13.0. The zero-order valence-electron chi connectivity index (χ0n) is 11.0. The van der Waals surface area contributed by atoms with E-state index < -0.39 is 0 Å². The standard InChI is InChI=1S/C12H20N4O2/c1-3-6-13-10-5-4-7-16(12(10)17)8-11-14-9(2)18-15-11/h10,13H,3-8H2,1-2H3. The van der Waals surface area contributed by atoms with Crippen molar-refractivity contribution in [1.29, 1.82) is 0 Å². The summed E-state index contributed by atoms with van der Waals surface area (Å²) in [5, 5.41) is 7.12. The fourth-order valence-electron chi connectivity index (χ4n) is 2.18. The lowest BCUT2D eigenvalue weighted by Gasteiger charge is -2.31. The van der Waals surface area contributed by atoms with Crippen LogP contribution in [0.25, 0.3) is 0 Å². The van der Waals surface area contributed by atoms with Crippen molar-refractivity contribution >= 4 is 5.91 Å². The van der Waals surface area contributed by atoms with Crippen LogP contribution in [0, 0.1) is 6.92 Å². The predicted molar refractivity (Wildman–Crippen MR) is 65.8 cm³/mol. The third kappa shape index (κ3) is 3.07. The molecule has 0 aromatic carbocycles. The van der Waals surface area contributed by atoms with Crippen LogP contribution in [0.2, 0.25) is 0 Å². The summed E-state index contributed by atoms with van der Waals surface area (Å²) in [5.41, 5.74) is 0. The molecule has 2 heterocycles. The molecule has 1 fully saturated rings. The second-order valence-electron chi connectivity index (χ2n) is 4.64. The topological polar surface area (TPSA) is 71.3 Å². The van der Waals surface area contributed by atoms with Gasteiger partial charge in [-0.1, -0.05) is 12.1 Å². The number of rotatable bonds is 5. The number of hydrogen-bond acceptors (Lipinski definition) is 5. The van der Waals surface area contributed by atoms with Crippen LogP contribution in [0.4, 0.5) is 0 Å². The molecule has 2 rings (SSSR count). The van der Waals surface area contributed by atoms with Gasteiger partial charge in [0.15, 0.2) is 5.82 Å². The first kappa shape index (κ1) is 13.0. The van der Waals surface area contributed by atoms with Crippen LogP contribution in [0.15, 0.2) is 4.52 Å². The summed E-state index contributed by atoms with van der Waals surface area (Å²) in [4.78, 5) is 18.2. The lowest BCUT2D eigenvalue weighted by atomic mass is 10.0. The van der Waals surface area contributed by atoms with Crippen LogP contribution in [0.3, 0.4) is 0 Å². The molecule has 0 bridgehead atoms. The van der Waals surface area contributed by atoms with Crippen LogP contribution < -0.4 is 5.32 Å². The molecule has 0 saturated carbocycles. The number of nitrogens with zero attached hydrogens (tertiary/aromatic N) is 3. The predicted octanol–water partition coefficient (Wildman–Crippen LogP) is 0.869. The van der Waals surface area contributed by atoms with Crippen LogP contribution in [-0.2, 0) is 11.3 Å². The molecule has 1 amide bonds. The van der Waals surface area contributed by atoms with Crippen molar-refractivity contribution in [3.05, 3.63) is 11.7 Å². The largest absolute Gasteiger partial charge is 0.340 e. The number of amides is 1. The molecular formula is C12H20N4O2. The van der Waals surface area contributed by atoms with E-state index in [9.17, 15) is 4.79 Å². The Kier molecular flexibility index (Phi) is 4.30. The van der Waals surface area contributed by atoms with E-state index in [2.05, 4.69) is 22.4 Å². The quantitative estimate of drug-likeness (QED) is 0.842. The van der Waals surface area contributed by atoms with Crippen molar-refractivity contribution in [3.8, 4) is 0 Å². The van der Waals surface area contributed by atoms with Crippen LogP contribution in [-0.4, -0.2) is 40.1 Å². The van der Waals surface area contributed by atoms with E-state index >= 15 is 0 Å². The molecule has 0 spiro atoms. The van der Waals surface area contributed by atoms with Gasteiger partial charge in [-0.2, -0.15) is 4.98 Å². The van der Waals surface area contributed by atoms with Gasteiger partial charge in [0.05, 0.1) is 12.6 Å². The van der Waals surface area contributed by atoms with Gasteiger partial charge in [0.1, 0.15) is 0 Å². The lowest BCUT2D eigenvalue weighted by Crippen LogP contribution is -2.50. The average molecular weight is 252 g/mol. The molecule has 1 aromatic rings. The molecule has 6 heteroatoms. The van der Waals surface area contributed by atoms with Gasteiger partial charge in [0.2, 0.25) is 11.8 Å². The molecule has 6 nitrogen and oxygen atoms in total. The highest BCUT2D eigenvalue weighted by Crippen LogP contribution is 2.14. The highest BCUT2D eigenvalue weighted by atomic mass is 16.5. The summed E-state index contributed by atoms with van der Waals surface area (Å²) in [5.74, 6) is 1.27. The third-order valence-electron chi connectivity index (χ3n) is 3.07. The number of aryl methyl sites for hydroxylation is 1. The minimum absolute atomic E-state index is 0.0494. The summed E-state index contributed by atoms with van der Waals surface area (Å²) >= 11 is 0. The highest BCUT2D eigenvalue weighted by Gasteiger charge is 2.28. The number of carbonyl (C=O) groups is 1. The second-order valence-corrected chi connectivity index (χ2v) is 4.64. The molecular weight excluding hydrogens is 232 g/mol. The molecule has 1 N–H and O–H groups in total. The van der Waals surface area contributed by atoms with Crippen LogP contribution >= 0.6 is 0 Å². The highest BCUT2D eigenvalue weighted by molar-refractivity contribution is 5.82. The van der Waals surface area contributed by atoms with Gasteiger partial charge in [-0.3, -0.25) is 4.79 Å². The molecule has 1 saturated heterocycles. The monoisotopic (exact) mass is 252 g/mol. The van der Waals surface area contributed by atoms with E-state index in [0.29, 0.717) is 18.3 Å². The van der Waals surface area contributed by atoms with Gasteiger partial charge in [-0.25, -0.2) is 0 Å². The Bertz CT molecular complexity index is 405. The lowest BCUT2D eigenvalue weighted by molar-refractivity contribution is -0.136. The van der Waals surface area contributed by atoms with Crippen molar-refractivity contribution in [3.63, 3.8) is 0 Å². The molecule has 1 aromatic heterocycles. The molecule has 18 heavy (non-hydrogen) atoms. The van der Waals surface area contributed by atoms with Crippen molar-refractivity contribution in [1.82, 2.24) is 20.4 Å². The Morgan fingerprint density at radius 1 is 1.56 bits per heavy atom. The fraction of sp³-hybridized carbons (Fsp3) is 0.750. The van der Waals surface area contributed by atoms with Gasteiger partial charge in [-0.05, 0) is 25.8 Å². The summed E-state index contributed by atoms with van der Waals surface area (Å²) in [6, 6.07) is -0.0494. The van der Waals surface area contributed by atoms with Gasteiger partial charge < -0.3 is 14.7 Å². The van der Waals surface area contributed by atoms with Gasteiger partial charge in [0.25, 0.3) is 0 Å². The van der Waals surface area contributed by atoms with Crippen molar-refractivity contribution < 1.29 is 9.32 Å². The Labute approximate surface area is 107 Å². The molecule has 0 aliphatic carbocycles. The van der Waals surface area contributed by atoms with E-state index in [1.165, 1.54) is 0 Å². The van der Waals surface area contributed by atoms with Crippen molar-refractivity contribution in [2.24, 2.45) is 0 Å². The van der Waals surface area contributed by atoms with E-state index in [1.807, 2.05) is 0 Å². The molecule has 1 atom stereocenters. The number of piperidine rings is 1. The van der Waals surface area contributed by atoms with Gasteiger partial charge >= 0.3 is 0 Å².